The van der Waals surface area contributed by atoms with Crippen LogP contribution in [-0.4, -0.2) is 28.0 Å². The predicted molar refractivity (Wildman–Crippen MR) is 77.3 cm³/mol. The SMILES string of the molecule is CCC1CCC(C)N1Cc1ccccc1/C(N)=N/O. The molecule has 2 atom stereocenters. The van der Waals surface area contributed by atoms with Crippen LogP contribution >= 0.6 is 0 Å². The lowest BCUT2D eigenvalue weighted by atomic mass is 10.1. The number of hydrogen-bond acceptors (Lipinski definition) is 3. The van der Waals surface area contributed by atoms with Gasteiger partial charge in [0.1, 0.15) is 0 Å². The third kappa shape index (κ3) is 2.89. The summed E-state index contributed by atoms with van der Waals surface area (Å²) in [4.78, 5) is 2.53. The summed E-state index contributed by atoms with van der Waals surface area (Å²) in [5.41, 5.74) is 7.71. The van der Waals surface area contributed by atoms with Gasteiger partial charge in [0.2, 0.25) is 0 Å². The minimum Gasteiger partial charge on any atom is -0.409 e. The van der Waals surface area contributed by atoms with Gasteiger partial charge >= 0.3 is 0 Å². The molecule has 1 aliphatic heterocycles. The number of amidine groups is 1. The van der Waals surface area contributed by atoms with E-state index in [1.165, 1.54) is 19.3 Å². The molecule has 0 bridgehead atoms. The van der Waals surface area contributed by atoms with Crippen molar-refractivity contribution in [1.82, 2.24) is 4.90 Å². The maximum Gasteiger partial charge on any atom is 0.170 e. The lowest BCUT2D eigenvalue weighted by Crippen LogP contribution is -2.34. The predicted octanol–water partition coefficient (Wildman–Crippen LogP) is 2.54. The number of benzene rings is 1. The molecule has 0 aromatic heterocycles. The molecule has 0 amide bonds. The average Bonchev–Trinajstić information content (AvgIpc) is 2.79. The van der Waals surface area contributed by atoms with E-state index >= 15 is 0 Å². The van der Waals surface area contributed by atoms with Crippen molar-refractivity contribution in [3.63, 3.8) is 0 Å². The van der Waals surface area contributed by atoms with Crippen LogP contribution in [0.2, 0.25) is 0 Å². The first-order chi connectivity index (χ1) is 9.17. The van der Waals surface area contributed by atoms with Gasteiger partial charge in [-0.3, -0.25) is 4.90 Å². The lowest BCUT2D eigenvalue weighted by molar-refractivity contribution is 0.189. The van der Waals surface area contributed by atoms with Crippen molar-refractivity contribution in [2.24, 2.45) is 10.9 Å². The zero-order chi connectivity index (χ0) is 13.8. The maximum absolute atomic E-state index is 8.87. The number of rotatable bonds is 4. The fourth-order valence-electron chi connectivity index (χ4n) is 3.01. The molecule has 1 aliphatic rings. The molecule has 4 nitrogen and oxygen atoms in total. The van der Waals surface area contributed by atoms with Crippen molar-refractivity contribution in [2.45, 2.75) is 51.7 Å². The van der Waals surface area contributed by atoms with Crippen LogP contribution in [-0.2, 0) is 6.54 Å². The lowest BCUT2D eigenvalue weighted by Gasteiger charge is -2.28. The van der Waals surface area contributed by atoms with E-state index in [2.05, 4.69) is 30.0 Å². The van der Waals surface area contributed by atoms with E-state index in [1.54, 1.807) is 0 Å². The third-order valence-electron chi connectivity index (χ3n) is 4.18. The minimum absolute atomic E-state index is 0.190. The van der Waals surface area contributed by atoms with Gasteiger partial charge in [0.05, 0.1) is 0 Å². The molecule has 4 heteroatoms. The molecule has 0 radical (unpaired) electrons. The number of likely N-dealkylation sites (tertiary alicyclic amines) is 1. The Balaban J connectivity index is 2.23. The molecule has 19 heavy (non-hydrogen) atoms. The highest BCUT2D eigenvalue weighted by molar-refractivity contribution is 5.98. The first-order valence-electron chi connectivity index (χ1n) is 6.99. The van der Waals surface area contributed by atoms with E-state index in [1.807, 2.05) is 18.2 Å². The second-order valence-electron chi connectivity index (χ2n) is 5.30. The van der Waals surface area contributed by atoms with Gasteiger partial charge < -0.3 is 10.9 Å². The zero-order valence-electron chi connectivity index (χ0n) is 11.7. The van der Waals surface area contributed by atoms with Crippen molar-refractivity contribution in [3.05, 3.63) is 35.4 Å². The van der Waals surface area contributed by atoms with E-state index in [4.69, 9.17) is 10.9 Å². The van der Waals surface area contributed by atoms with Crippen LogP contribution in [0.4, 0.5) is 0 Å². The van der Waals surface area contributed by atoms with Crippen LogP contribution in [0.1, 0.15) is 44.2 Å². The van der Waals surface area contributed by atoms with Crippen LogP contribution in [0.25, 0.3) is 0 Å². The largest absolute Gasteiger partial charge is 0.409 e. The summed E-state index contributed by atoms with van der Waals surface area (Å²) in [6.07, 6.45) is 3.70. The number of hydrogen-bond donors (Lipinski definition) is 2. The van der Waals surface area contributed by atoms with E-state index < -0.39 is 0 Å². The fourth-order valence-corrected chi connectivity index (χ4v) is 3.01. The summed E-state index contributed by atoms with van der Waals surface area (Å²) in [7, 11) is 0. The summed E-state index contributed by atoms with van der Waals surface area (Å²) in [6, 6.07) is 9.14. The van der Waals surface area contributed by atoms with Crippen LogP contribution in [0, 0.1) is 0 Å². The molecular weight excluding hydrogens is 238 g/mol. The Morgan fingerprint density at radius 2 is 2.16 bits per heavy atom. The van der Waals surface area contributed by atoms with Crippen LogP contribution < -0.4 is 5.73 Å². The van der Waals surface area contributed by atoms with Crippen molar-refractivity contribution >= 4 is 5.84 Å². The van der Waals surface area contributed by atoms with Crippen molar-refractivity contribution in [2.75, 3.05) is 0 Å². The second-order valence-corrected chi connectivity index (χ2v) is 5.30. The van der Waals surface area contributed by atoms with Crippen molar-refractivity contribution in [1.29, 1.82) is 0 Å². The van der Waals surface area contributed by atoms with Crippen LogP contribution in [0.5, 0.6) is 0 Å². The van der Waals surface area contributed by atoms with Crippen molar-refractivity contribution in [3.8, 4) is 0 Å². The summed E-state index contributed by atoms with van der Waals surface area (Å²) in [6.45, 7) is 5.39. The van der Waals surface area contributed by atoms with Gasteiger partial charge in [0.25, 0.3) is 0 Å². The molecule has 1 aromatic carbocycles. The summed E-state index contributed by atoms with van der Waals surface area (Å²) < 4.78 is 0. The molecule has 3 N–H and O–H groups in total. The number of nitrogens with zero attached hydrogens (tertiary/aromatic N) is 2. The van der Waals surface area contributed by atoms with E-state index in [-0.39, 0.29) is 5.84 Å². The first-order valence-corrected chi connectivity index (χ1v) is 6.99. The summed E-state index contributed by atoms with van der Waals surface area (Å²) >= 11 is 0. The molecule has 104 valence electrons. The quantitative estimate of drug-likeness (QED) is 0.379. The van der Waals surface area contributed by atoms with Gasteiger partial charge in [-0.2, -0.15) is 0 Å². The van der Waals surface area contributed by atoms with Crippen LogP contribution in [0.15, 0.2) is 29.4 Å². The standard InChI is InChI=1S/C15H23N3O/c1-3-13-9-8-11(2)18(13)10-12-6-4-5-7-14(12)15(16)17-19/h4-7,11,13,19H,3,8-10H2,1-2H3,(H2,16,17). The Hall–Kier alpha value is -1.55. The summed E-state index contributed by atoms with van der Waals surface area (Å²) in [5, 5.41) is 12.0. The zero-order valence-corrected chi connectivity index (χ0v) is 11.7. The molecule has 1 aromatic rings. The molecule has 2 rings (SSSR count). The topological polar surface area (TPSA) is 61.8 Å². The Labute approximate surface area is 114 Å². The molecule has 1 heterocycles. The van der Waals surface area contributed by atoms with Gasteiger partial charge in [-0.15, -0.1) is 0 Å². The molecule has 0 saturated carbocycles. The third-order valence-corrected chi connectivity index (χ3v) is 4.18. The van der Waals surface area contributed by atoms with Gasteiger partial charge in [-0.05, 0) is 31.7 Å². The Morgan fingerprint density at radius 3 is 2.84 bits per heavy atom. The van der Waals surface area contributed by atoms with Crippen molar-refractivity contribution < 1.29 is 5.21 Å². The highest BCUT2D eigenvalue weighted by Gasteiger charge is 2.29. The highest BCUT2D eigenvalue weighted by Crippen LogP contribution is 2.28. The highest BCUT2D eigenvalue weighted by atomic mass is 16.4. The molecule has 0 spiro atoms. The van der Waals surface area contributed by atoms with E-state index in [0.717, 1.165) is 17.7 Å². The number of oxime groups is 1. The molecule has 1 fully saturated rings. The van der Waals surface area contributed by atoms with Gasteiger partial charge in [0, 0.05) is 24.2 Å². The molecule has 1 saturated heterocycles. The second kappa shape index (κ2) is 6.06. The number of nitrogens with two attached hydrogens (primary N) is 1. The smallest absolute Gasteiger partial charge is 0.170 e. The molecular formula is C15H23N3O. The minimum atomic E-state index is 0.190. The fraction of sp³-hybridized carbons (Fsp3) is 0.533. The molecule has 0 aliphatic carbocycles. The first kappa shape index (κ1) is 13.9. The Bertz CT molecular complexity index is 458. The average molecular weight is 261 g/mol. The normalized spacial score (nSPS) is 24.8. The van der Waals surface area contributed by atoms with E-state index in [9.17, 15) is 0 Å². The monoisotopic (exact) mass is 261 g/mol. The molecule has 2 unspecified atom stereocenters. The van der Waals surface area contributed by atoms with Gasteiger partial charge in [0.15, 0.2) is 5.84 Å². The van der Waals surface area contributed by atoms with Gasteiger partial charge in [-0.25, -0.2) is 0 Å². The van der Waals surface area contributed by atoms with E-state index in [0.29, 0.717) is 12.1 Å². The van der Waals surface area contributed by atoms with Crippen LogP contribution in [0.3, 0.4) is 0 Å². The maximum atomic E-state index is 8.87. The summed E-state index contributed by atoms with van der Waals surface area (Å²) in [5.74, 6) is 0.190. The Kier molecular flexibility index (Phi) is 4.43. The Morgan fingerprint density at radius 1 is 1.42 bits per heavy atom. The van der Waals surface area contributed by atoms with Gasteiger partial charge in [-0.1, -0.05) is 36.3 Å².